The van der Waals surface area contributed by atoms with Gasteiger partial charge in [-0.05, 0) is 6.42 Å². The largest absolute Gasteiger partial charge is 0.303 e. The predicted octanol–water partition coefficient (Wildman–Crippen LogP) is 1.60. The number of nitrogens with one attached hydrogen (secondary N) is 2. The molecule has 0 aromatic heterocycles. The van der Waals surface area contributed by atoms with Gasteiger partial charge in [-0.2, -0.15) is 5.26 Å². The summed E-state index contributed by atoms with van der Waals surface area (Å²) >= 11 is 0. The molecule has 0 heterocycles. The molecular weight excluding hydrogens is 138 g/mol. The maximum atomic E-state index is 8.60. The van der Waals surface area contributed by atoms with Crippen LogP contribution in [0.2, 0.25) is 0 Å². The van der Waals surface area contributed by atoms with Crippen LogP contribution in [0.3, 0.4) is 0 Å². The van der Waals surface area contributed by atoms with Crippen molar-refractivity contribution in [3.8, 4) is 6.07 Å². The van der Waals surface area contributed by atoms with E-state index >= 15 is 0 Å². The van der Waals surface area contributed by atoms with E-state index in [1.807, 2.05) is 6.92 Å². The fraction of sp³-hybridized carbons (Fsp3) is 0.625. The fourth-order valence-corrected chi connectivity index (χ4v) is 1.38. The Bertz CT molecular complexity index is 236. The Hall–Kier alpha value is -1.17. The molecule has 3 heteroatoms. The smallest absolute Gasteiger partial charge is 0.0660 e. The zero-order chi connectivity index (χ0) is 8.43. The van der Waals surface area contributed by atoms with Gasteiger partial charge in [0.05, 0.1) is 23.4 Å². The molecule has 0 saturated heterocycles. The molecule has 0 bridgehead atoms. The summed E-state index contributed by atoms with van der Waals surface area (Å²) in [6.07, 6.45) is 1.22. The molecule has 1 fully saturated rings. The monoisotopic (exact) mass is 149 g/mol. The molecule has 1 rings (SSSR count). The summed E-state index contributed by atoms with van der Waals surface area (Å²) in [5, 5.41) is 23.4. The van der Waals surface area contributed by atoms with E-state index in [2.05, 4.69) is 6.07 Å². The molecule has 0 spiro atoms. The van der Waals surface area contributed by atoms with Crippen molar-refractivity contribution >= 4 is 11.4 Å². The van der Waals surface area contributed by atoms with Crippen molar-refractivity contribution in [3.05, 3.63) is 0 Å². The van der Waals surface area contributed by atoms with Gasteiger partial charge in [-0.25, -0.2) is 0 Å². The first-order valence-electron chi connectivity index (χ1n) is 3.71. The number of hydrogen-bond acceptors (Lipinski definition) is 3. The van der Waals surface area contributed by atoms with Gasteiger partial charge < -0.3 is 10.8 Å². The van der Waals surface area contributed by atoms with E-state index in [9.17, 15) is 0 Å². The van der Waals surface area contributed by atoms with Crippen LogP contribution in [-0.4, -0.2) is 11.4 Å². The van der Waals surface area contributed by atoms with Crippen LogP contribution in [0.5, 0.6) is 0 Å². The van der Waals surface area contributed by atoms with E-state index in [4.69, 9.17) is 16.1 Å². The number of hydrogen-bond donors (Lipinski definition) is 2. The van der Waals surface area contributed by atoms with Gasteiger partial charge in [0.15, 0.2) is 0 Å². The molecule has 11 heavy (non-hydrogen) atoms. The van der Waals surface area contributed by atoms with Crippen LogP contribution in [0.15, 0.2) is 0 Å². The van der Waals surface area contributed by atoms with Crippen LogP contribution >= 0.6 is 0 Å². The highest BCUT2D eigenvalue weighted by Gasteiger charge is 2.26. The number of nitrogens with zero attached hydrogens (tertiary/aromatic N) is 1. The molecule has 58 valence electrons. The molecule has 1 aliphatic rings. The predicted molar refractivity (Wildman–Crippen MR) is 43.0 cm³/mol. The van der Waals surface area contributed by atoms with Gasteiger partial charge in [-0.15, -0.1) is 0 Å². The van der Waals surface area contributed by atoms with E-state index in [0.717, 1.165) is 6.42 Å². The number of rotatable bonds is 0. The van der Waals surface area contributed by atoms with E-state index in [0.29, 0.717) is 17.8 Å². The second-order valence-electron chi connectivity index (χ2n) is 3.06. The molecule has 2 unspecified atom stereocenters. The van der Waals surface area contributed by atoms with Crippen LogP contribution in [0.4, 0.5) is 0 Å². The van der Waals surface area contributed by atoms with Crippen molar-refractivity contribution in [1.82, 2.24) is 0 Å². The Labute approximate surface area is 66.1 Å². The lowest BCUT2D eigenvalue weighted by Crippen LogP contribution is -2.30. The summed E-state index contributed by atoms with van der Waals surface area (Å²) in [7, 11) is 0. The van der Waals surface area contributed by atoms with Crippen LogP contribution in [-0.2, 0) is 0 Å². The van der Waals surface area contributed by atoms with E-state index < -0.39 is 0 Å². The second-order valence-corrected chi connectivity index (χ2v) is 3.06. The minimum absolute atomic E-state index is 0.0356. The molecule has 0 amide bonds. The van der Waals surface area contributed by atoms with Crippen LogP contribution < -0.4 is 0 Å². The average Bonchev–Trinajstić information content (AvgIpc) is 1.99. The number of nitriles is 1. The summed E-state index contributed by atoms with van der Waals surface area (Å²) in [5.74, 6) is 0.0625. The lowest BCUT2D eigenvalue weighted by Gasteiger charge is -2.23. The SMILES string of the molecule is CC1CC(C#N)CC(=N)C1=N. The van der Waals surface area contributed by atoms with Crippen molar-refractivity contribution in [2.75, 3.05) is 0 Å². The Kier molecular flexibility index (Phi) is 2.04. The van der Waals surface area contributed by atoms with Crippen molar-refractivity contribution in [2.24, 2.45) is 11.8 Å². The van der Waals surface area contributed by atoms with Gasteiger partial charge in [0.1, 0.15) is 0 Å². The van der Waals surface area contributed by atoms with Gasteiger partial charge in [-0.3, -0.25) is 0 Å². The zero-order valence-corrected chi connectivity index (χ0v) is 6.52. The summed E-state index contributed by atoms with van der Waals surface area (Å²) in [6.45, 7) is 1.90. The first kappa shape index (κ1) is 7.93. The Balaban J connectivity index is 2.71. The third-order valence-electron chi connectivity index (χ3n) is 2.09. The molecule has 1 aliphatic carbocycles. The molecule has 0 aromatic carbocycles. The van der Waals surface area contributed by atoms with E-state index in [1.165, 1.54) is 0 Å². The maximum Gasteiger partial charge on any atom is 0.0660 e. The van der Waals surface area contributed by atoms with Gasteiger partial charge >= 0.3 is 0 Å². The van der Waals surface area contributed by atoms with E-state index in [1.54, 1.807) is 0 Å². The lowest BCUT2D eigenvalue weighted by molar-refractivity contribution is 0.535. The molecule has 2 atom stereocenters. The van der Waals surface area contributed by atoms with Crippen molar-refractivity contribution in [2.45, 2.75) is 19.8 Å². The normalized spacial score (nSPS) is 31.6. The first-order valence-corrected chi connectivity index (χ1v) is 3.71. The third kappa shape index (κ3) is 1.45. The second kappa shape index (κ2) is 2.83. The molecular formula is C8H11N3. The van der Waals surface area contributed by atoms with Gasteiger partial charge in [0.25, 0.3) is 0 Å². The first-order chi connectivity index (χ1) is 5.15. The standard InChI is InChI=1S/C8H11N3/c1-5-2-6(4-9)3-7(10)8(5)11/h5-6,10-11H,2-3H2,1H3. The summed E-state index contributed by atoms with van der Waals surface area (Å²) in [5.41, 5.74) is 0.756. The highest BCUT2D eigenvalue weighted by atomic mass is 14.6. The highest BCUT2D eigenvalue weighted by Crippen LogP contribution is 2.23. The van der Waals surface area contributed by atoms with Crippen LogP contribution in [0.25, 0.3) is 0 Å². The minimum atomic E-state index is -0.0356. The zero-order valence-electron chi connectivity index (χ0n) is 6.52. The topological polar surface area (TPSA) is 71.5 Å². The van der Waals surface area contributed by atoms with Crippen molar-refractivity contribution in [3.63, 3.8) is 0 Å². The van der Waals surface area contributed by atoms with Crippen molar-refractivity contribution < 1.29 is 0 Å². The van der Waals surface area contributed by atoms with Crippen molar-refractivity contribution in [1.29, 1.82) is 16.1 Å². The highest BCUT2D eigenvalue weighted by molar-refractivity contribution is 6.41. The third-order valence-corrected chi connectivity index (χ3v) is 2.09. The van der Waals surface area contributed by atoms with E-state index in [-0.39, 0.29) is 11.8 Å². The van der Waals surface area contributed by atoms with Crippen LogP contribution in [0, 0.1) is 34.0 Å². The molecule has 3 nitrogen and oxygen atoms in total. The lowest BCUT2D eigenvalue weighted by atomic mass is 9.80. The Morgan fingerprint density at radius 1 is 1.55 bits per heavy atom. The summed E-state index contributed by atoms with van der Waals surface area (Å²) < 4.78 is 0. The molecule has 0 aliphatic heterocycles. The Morgan fingerprint density at radius 2 is 2.18 bits per heavy atom. The fourth-order valence-electron chi connectivity index (χ4n) is 1.38. The maximum absolute atomic E-state index is 8.60. The van der Waals surface area contributed by atoms with Gasteiger partial charge in [-0.1, -0.05) is 6.92 Å². The summed E-state index contributed by atoms with van der Waals surface area (Å²) in [6, 6.07) is 2.15. The quantitative estimate of drug-likeness (QED) is 0.539. The van der Waals surface area contributed by atoms with Gasteiger partial charge in [0.2, 0.25) is 0 Å². The molecule has 0 radical (unpaired) electrons. The molecule has 1 saturated carbocycles. The minimum Gasteiger partial charge on any atom is -0.303 e. The van der Waals surface area contributed by atoms with Crippen LogP contribution in [0.1, 0.15) is 19.8 Å². The average molecular weight is 149 g/mol. The molecule has 0 aromatic rings. The van der Waals surface area contributed by atoms with Gasteiger partial charge in [0, 0.05) is 12.3 Å². The summed E-state index contributed by atoms with van der Waals surface area (Å²) in [4.78, 5) is 0. The molecule has 2 N–H and O–H groups in total. The Morgan fingerprint density at radius 3 is 2.64 bits per heavy atom.